The SMILES string of the molecule is OC1(CSc2ccccc2)Cc2ccccc2C1. The van der Waals surface area contributed by atoms with Crippen LogP contribution in [-0.4, -0.2) is 16.5 Å². The van der Waals surface area contributed by atoms with Crippen molar-refractivity contribution in [3.63, 3.8) is 0 Å². The first-order valence-corrected chi connectivity index (χ1v) is 7.21. The molecule has 0 saturated carbocycles. The molecule has 0 spiro atoms. The van der Waals surface area contributed by atoms with E-state index in [2.05, 4.69) is 36.4 Å². The van der Waals surface area contributed by atoms with Crippen molar-refractivity contribution in [3.05, 3.63) is 65.7 Å². The van der Waals surface area contributed by atoms with E-state index in [1.165, 1.54) is 16.0 Å². The summed E-state index contributed by atoms with van der Waals surface area (Å²) in [5, 5.41) is 10.7. The third kappa shape index (κ3) is 2.45. The molecule has 0 radical (unpaired) electrons. The molecule has 0 atom stereocenters. The summed E-state index contributed by atoms with van der Waals surface area (Å²) in [5.74, 6) is 0.756. The Morgan fingerprint density at radius 2 is 1.44 bits per heavy atom. The van der Waals surface area contributed by atoms with E-state index in [1.807, 2.05) is 18.2 Å². The fourth-order valence-electron chi connectivity index (χ4n) is 2.51. The molecule has 0 amide bonds. The maximum atomic E-state index is 10.7. The van der Waals surface area contributed by atoms with E-state index in [4.69, 9.17) is 0 Å². The summed E-state index contributed by atoms with van der Waals surface area (Å²) in [5.41, 5.74) is 2.02. The van der Waals surface area contributed by atoms with Crippen molar-refractivity contribution >= 4 is 11.8 Å². The van der Waals surface area contributed by atoms with Gasteiger partial charge in [-0.1, -0.05) is 42.5 Å². The van der Waals surface area contributed by atoms with Crippen molar-refractivity contribution in [2.45, 2.75) is 23.3 Å². The van der Waals surface area contributed by atoms with Crippen LogP contribution in [0.3, 0.4) is 0 Å². The lowest BCUT2D eigenvalue weighted by Crippen LogP contribution is -2.32. The zero-order chi connectivity index (χ0) is 12.4. The first-order chi connectivity index (χ1) is 8.75. The van der Waals surface area contributed by atoms with Gasteiger partial charge in [0.2, 0.25) is 0 Å². The summed E-state index contributed by atoms with van der Waals surface area (Å²) in [6.07, 6.45) is 1.56. The first kappa shape index (κ1) is 11.8. The zero-order valence-corrected chi connectivity index (χ0v) is 11.0. The van der Waals surface area contributed by atoms with Gasteiger partial charge in [0, 0.05) is 23.5 Å². The molecule has 1 N–H and O–H groups in total. The Kier molecular flexibility index (Phi) is 3.14. The standard InChI is InChI=1S/C16H16OS/c17-16(12-18-15-8-2-1-3-9-15)10-13-6-4-5-7-14(13)11-16/h1-9,17H,10-12H2. The predicted octanol–water partition coefficient (Wildman–Crippen LogP) is 3.31. The molecule has 18 heavy (non-hydrogen) atoms. The van der Waals surface area contributed by atoms with Crippen LogP contribution >= 0.6 is 11.8 Å². The summed E-state index contributed by atoms with van der Waals surface area (Å²) < 4.78 is 0. The Labute approximate surface area is 112 Å². The van der Waals surface area contributed by atoms with Crippen LogP contribution in [0, 0.1) is 0 Å². The molecule has 2 aromatic carbocycles. The molecule has 3 rings (SSSR count). The molecule has 0 fully saturated rings. The van der Waals surface area contributed by atoms with Gasteiger partial charge < -0.3 is 5.11 Å². The molecule has 0 unspecified atom stereocenters. The Balaban J connectivity index is 1.68. The molecule has 0 aliphatic heterocycles. The topological polar surface area (TPSA) is 20.2 Å². The van der Waals surface area contributed by atoms with Crippen molar-refractivity contribution in [2.24, 2.45) is 0 Å². The Bertz CT molecular complexity index is 511. The maximum Gasteiger partial charge on any atom is 0.0821 e. The number of hydrogen-bond acceptors (Lipinski definition) is 2. The van der Waals surface area contributed by atoms with E-state index >= 15 is 0 Å². The summed E-state index contributed by atoms with van der Waals surface area (Å²) >= 11 is 1.74. The van der Waals surface area contributed by atoms with Crippen LogP contribution in [0.1, 0.15) is 11.1 Å². The number of hydrogen-bond donors (Lipinski definition) is 1. The van der Waals surface area contributed by atoms with Crippen molar-refractivity contribution in [1.82, 2.24) is 0 Å². The van der Waals surface area contributed by atoms with Gasteiger partial charge in [-0.05, 0) is 23.3 Å². The van der Waals surface area contributed by atoms with Crippen molar-refractivity contribution in [2.75, 3.05) is 5.75 Å². The van der Waals surface area contributed by atoms with Gasteiger partial charge >= 0.3 is 0 Å². The van der Waals surface area contributed by atoms with E-state index in [1.54, 1.807) is 11.8 Å². The highest BCUT2D eigenvalue weighted by molar-refractivity contribution is 7.99. The van der Waals surface area contributed by atoms with Gasteiger partial charge in [0.25, 0.3) is 0 Å². The molecule has 92 valence electrons. The first-order valence-electron chi connectivity index (χ1n) is 6.22. The predicted molar refractivity (Wildman–Crippen MR) is 76.0 cm³/mol. The number of rotatable bonds is 3. The third-order valence-electron chi connectivity index (χ3n) is 3.41. The summed E-state index contributed by atoms with van der Waals surface area (Å²) in [4.78, 5) is 1.22. The van der Waals surface area contributed by atoms with Crippen LogP contribution in [-0.2, 0) is 12.8 Å². The second kappa shape index (κ2) is 4.79. The Hall–Kier alpha value is -1.25. The molecule has 0 heterocycles. The van der Waals surface area contributed by atoms with E-state index in [-0.39, 0.29) is 0 Å². The van der Waals surface area contributed by atoms with Crippen LogP contribution < -0.4 is 0 Å². The van der Waals surface area contributed by atoms with E-state index < -0.39 is 5.60 Å². The molecular formula is C16H16OS. The average Bonchev–Trinajstić information content (AvgIpc) is 2.74. The highest BCUT2D eigenvalue weighted by Gasteiger charge is 2.34. The second-order valence-electron chi connectivity index (χ2n) is 4.95. The lowest BCUT2D eigenvalue weighted by Gasteiger charge is -2.21. The lowest BCUT2D eigenvalue weighted by atomic mass is 10.0. The molecule has 1 nitrogen and oxygen atoms in total. The molecular weight excluding hydrogens is 240 g/mol. The van der Waals surface area contributed by atoms with Crippen LogP contribution in [0.5, 0.6) is 0 Å². The lowest BCUT2D eigenvalue weighted by molar-refractivity contribution is 0.0770. The van der Waals surface area contributed by atoms with Crippen molar-refractivity contribution < 1.29 is 5.11 Å². The zero-order valence-electron chi connectivity index (χ0n) is 10.2. The van der Waals surface area contributed by atoms with Gasteiger partial charge in [-0.2, -0.15) is 0 Å². The van der Waals surface area contributed by atoms with Crippen LogP contribution in [0.4, 0.5) is 0 Å². The molecule has 0 saturated heterocycles. The highest BCUT2D eigenvalue weighted by atomic mass is 32.2. The molecule has 2 heteroatoms. The van der Waals surface area contributed by atoms with Gasteiger partial charge in [0.05, 0.1) is 5.60 Å². The van der Waals surface area contributed by atoms with Gasteiger partial charge in [0.15, 0.2) is 0 Å². The number of aliphatic hydroxyl groups is 1. The van der Waals surface area contributed by atoms with Gasteiger partial charge in [-0.15, -0.1) is 11.8 Å². The minimum absolute atomic E-state index is 0.579. The van der Waals surface area contributed by atoms with E-state index in [0.717, 1.165) is 18.6 Å². The number of thioether (sulfide) groups is 1. The quantitative estimate of drug-likeness (QED) is 0.850. The van der Waals surface area contributed by atoms with E-state index in [9.17, 15) is 5.11 Å². The number of fused-ring (bicyclic) bond motifs is 1. The summed E-state index contributed by atoms with van der Waals surface area (Å²) in [6.45, 7) is 0. The fourth-order valence-corrected chi connectivity index (χ4v) is 3.50. The van der Waals surface area contributed by atoms with Gasteiger partial charge in [-0.25, -0.2) is 0 Å². The third-order valence-corrected chi connectivity index (χ3v) is 4.70. The highest BCUT2D eigenvalue weighted by Crippen LogP contribution is 2.34. The normalized spacial score (nSPS) is 16.5. The van der Waals surface area contributed by atoms with Gasteiger partial charge in [0.1, 0.15) is 0 Å². The van der Waals surface area contributed by atoms with Crippen molar-refractivity contribution in [3.8, 4) is 0 Å². The molecule has 0 bridgehead atoms. The average molecular weight is 256 g/mol. The smallest absolute Gasteiger partial charge is 0.0821 e. The van der Waals surface area contributed by atoms with Crippen LogP contribution in [0.2, 0.25) is 0 Å². The Morgan fingerprint density at radius 3 is 2.06 bits per heavy atom. The minimum atomic E-state index is -0.579. The summed E-state index contributed by atoms with van der Waals surface area (Å²) in [6, 6.07) is 18.6. The minimum Gasteiger partial charge on any atom is -0.388 e. The molecule has 0 aromatic heterocycles. The summed E-state index contributed by atoms with van der Waals surface area (Å²) in [7, 11) is 0. The molecule has 2 aromatic rings. The second-order valence-corrected chi connectivity index (χ2v) is 6.00. The maximum absolute atomic E-state index is 10.7. The van der Waals surface area contributed by atoms with Crippen LogP contribution in [0.25, 0.3) is 0 Å². The Morgan fingerprint density at radius 1 is 0.889 bits per heavy atom. The van der Waals surface area contributed by atoms with E-state index in [0.29, 0.717) is 0 Å². The number of benzene rings is 2. The van der Waals surface area contributed by atoms with Crippen molar-refractivity contribution in [1.29, 1.82) is 0 Å². The largest absolute Gasteiger partial charge is 0.388 e. The molecule has 1 aliphatic rings. The van der Waals surface area contributed by atoms with Crippen LogP contribution in [0.15, 0.2) is 59.5 Å². The monoisotopic (exact) mass is 256 g/mol. The fraction of sp³-hybridized carbons (Fsp3) is 0.250. The van der Waals surface area contributed by atoms with Gasteiger partial charge in [-0.3, -0.25) is 0 Å². The molecule has 1 aliphatic carbocycles.